The molecule has 0 spiro atoms. The van der Waals surface area contributed by atoms with Crippen molar-refractivity contribution in [2.45, 2.75) is 36.9 Å². The van der Waals surface area contributed by atoms with Gasteiger partial charge < -0.3 is 10.3 Å². The first-order valence-corrected chi connectivity index (χ1v) is 8.03. The van der Waals surface area contributed by atoms with Crippen LogP contribution in [-0.4, -0.2) is 16.5 Å². The highest BCUT2D eigenvalue weighted by atomic mass is 35.5. The topological polar surface area (TPSA) is 57.8 Å². The lowest BCUT2D eigenvalue weighted by Gasteiger charge is -2.07. The van der Waals surface area contributed by atoms with E-state index in [9.17, 15) is 4.79 Å². The van der Waals surface area contributed by atoms with E-state index in [2.05, 4.69) is 22.2 Å². The van der Waals surface area contributed by atoms with Crippen molar-refractivity contribution in [1.82, 2.24) is 15.3 Å². The SMILES string of the molecule is CCCNCc1ccc(Sc2nc(C)cc(=O)[nH]2)c(Cl)c1. The Kier molecular flexibility index (Phi) is 5.85. The fourth-order valence-electron chi connectivity index (χ4n) is 1.85. The maximum atomic E-state index is 11.4. The third-order valence-electron chi connectivity index (χ3n) is 2.81. The van der Waals surface area contributed by atoms with Crippen molar-refractivity contribution < 1.29 is 0 Å². The van der Waals surface area contributed by atoms with Gasteiger partial charge in [-0.1, -0.05) is 36.4 Å². The number of halogens is 1. The van der Waals surface area contributed by atoms with Crippen LogP contribution in [0.15, 0.2) is 39.1 Å². The van der Waals surface area contributed by atoms with Crippen molar-refractivity contribution in [2.75, 3.05) is 6.54 Å². The number of rotatable bonds is 6. The Bertz CT molecular complexity index is 672. The van der Waals surface area contributed by atoms with Gasteiger partial charge in [0.1, 0.15) is 0 Å². The number of hydrogen-bond donors (Lipinski definition) is 2. The molecule has 2 aromatic rings. The second-order valence-corrected chi connectivity index (χ2v) is 6.17. The third kappa shape index (κ3) is 4.88. The second kappa shape index (κ2) is 7.64. The van der Waals surface area contributed by atoms with Gasteiger partial charge in [0, 0.05) is 23.2 Å². The minimum Gasteiger partial charge on any atom is -0.313 e. The Morgan fingerprint density at radius 1 is 1.38 bits per heavy atom. The van der Waals surface area contributed by atoms with Gasteiger partial charge in [-0.25, -0.2) is 4.98 Å². The molecule has 0 saturated heterocycles. The van der Waals surface area contributed by atoms with Crippen LogP contribution in [0.1, 0.15) is 24.6 Å². The number of nitrogens with zero attached hydrogens (tertiary/aromatic N) is 1. The fourth-order valence-corrected chi connectivity index (χ4v) is 3.01. The summed E-state index contributed by atoms with van der Waals surface area (Å²) in [7, 11) is 0. The zero-order valence-electron chi connectivity index (χ0n) is 12.1. The molecule has 6 heteroatoms. The Labute approximate surface area is 133 Å². The van der Waals surface area contributed by atoms with Crippen molar-refractivity contribution in [2.24, 2.45) is 0 Å². The summed E-state index contributed by atoms with van der Waals surface area (Å²) in [6, 6.07) is 7.40. The van der Waals surface area contributed by atoms with Crippen LogP contribution in [0.4, 0.5) is 0 Å². The summed E-state index contributed by atoms with van der Waals surface area (Å²) in [5.41, 5.74) is 1.68. The average Bonchev–Trinajstić information content (AvgIpc) is 2.41. The molecule has 0 aliphatic heterocycles. The summed E-state index contributed by atoms with van der Waals surface area (Å²) < 4.78 is 0. The van der Waals surface area contributed by atoms with E-state index in [1.807, 2.05) is 18.2 Å². The van der Waals surface area contributed by atoms with Gasteiger partial charge in [-0.3, -0.25) is 4.79 Å². The Balaban J connectivity index is 2.11. The molecule has 2 N–H and O–H groups in total. The van der Waals surface area contributed by atoms with Crippen LogP contribution < -0.4 is 10.9 Å². The third-order valence-corrected chi connectivity index (χ3v) is 4.19. The predicted molar refractivity (Wildman–Crippen MR) is 87.2 cm³/mol. The Morgan fingerprint density at radius 3 is 2.86 bits per heavy atom. The molecule has 0 aliphatic carbocycles. The standard InChI is InChI=1S/C15H18ClN3OS/c1-3-6-17-9-11-4-5-13(12(16)8-11)21-15-18-10(2)7-14(20)19-15/h4-5,7-8,17H,3,6,9H2,1-2H3,(H,18,19,20). The molecule has 1 aromatic carbocycles. The molecule has 21 heavy (non-hydrogen) atoms. The highest BCUT2D eigenvalue weighted by Crippen LogP contribution is 2.31. The largest absolute Gasteiger partial charge is 0.313 e. The summed E-state index contributed by atoms with van der Waals surface area (Å²) in [6.45, 7) is 5.72. The first-order chi connectivity index (χ1) is 10.1. The molecule has 112 valence electrons. The molecule has 0 unspecified atom stereocenters. The molecule has 2 rings (SSSR count). The number of benzene rings is 1. The Morgan fingerprint density at radius 2 is 2.19 bits per heavy atom. The van der Waals surface area contributed by atoms with E-state index in [0.717, 1.165) is 30.0 Å². The van der Waals surface area contributed by atoms with Crippen LogP contribution in [-0.2, 0) is 6.54 Å². The van der Waals surface area contributed by atoms with Crippen LogP contribution in [0.2, 0.25) is 5.02 Å². The molecule has 0 atom stereocenters. The summed E-state index contributed by atoms with van der Waals surface area (Å²) in [6.07, 6.45) is 1.11. The average molecular weight is 324 g/mol. The molecule has 1 heterocycles. The van der Waals surface area contributed by atoms with E-state index in [1.165, 1.54) is 17.8 Å². The molecular formula is C15H18ClN3OS. The predicted octanol–water partition coefficient (Wildman–Crippen LogP) is 3.38. The van der Waals surface area contributed by atoms with Crippen molar-refractivity contribution in [3.8, 4) is 0 Å². The van der Waals surface area contributed by atoms with Gasteiger partial charge >= 0.3 is 0 Å². The van der Waals surface area contributed by atoms with E-state index >= 15 is 0 Å². The fraction of sp³-hybridized carbons (Fsp3) is 0.333. The van der Waals surface area contributed by atoms with E-state index in [1.54, 1.807) is 6.92 Å². The molecule has 1 aromatic heterocycles. The van der Waals surface area contributed by atoms with Gasteiger partial charge in [0.15, 0.2) is 5.16 Å². The summed E-state index contributed by atoms with van der Waals surface area (Å²) in [5.74, 6) is 0. The minimum atomic E-state index is -0.151. The molecule has 0 bridgehead atoms. The van der Waals surface area contributed by atoms with Crippen LogP contribution in [0.5, 0.6) is 0 Å². The molecule has 0 radical (unpaired) electrons. The van der Waals surface area contributed by atoms with Crippen molar-refractivity contribution in [3.63, 3.8) is 0 Å². The van der Waals surface area contributed by atoms with Crippen molar-refractivity contribution >= 4 is 23.4 Å². The molecule has 0 amide bonds. The van der Waals surface area contributed by atoms with Gasteiger partial charge in [-0.2, -0.15) is 0 Å². The van der Waals surface area contributed by atoms with E-state index in [-0.39, 0.29) is 5.56 Å². The molecule has 0 fully saturated rings. The second-order valence-electron chi connectivity index (χ2n) is 4.74. The monoisotopic (exact) mass is 323 g/mol. The number of aryl methyl sites for hydroxylation is 1. The maximum absolute atomic E-state index is 11.4. The molecular weight excluding hydrogens is 306 g/mol. The zero-order valence-corrected chi connectivity index (χ0v) is 13.6. The lowest BCUT2D eigenvalue weighted by Crippen LogP contribution is -2.13. The molecule has 4 nitrogen and oxygen atoms in total. The number of H-pyrrole nitrogens is 1. The Hall–Kier alpha value is -1.30. The summed E-state index contributed by atoms with van der Waals surface area (Å²) in [5, 5.41) is 4.56. The number of aromatic amines is 1. The van der Waals surface area contributed by atoms with E-state index in [0.29, 0.717) is 15.9 Å². The summed E-state index contributed by atoms with van der Waals surface area (Å²) in [4.78, 5) is 19.3. The highest BCUT2D eigenvalue weighted by molar-refractivity contribution is 7.99. The van der Waals surface area contributed by atoms with Gasteiger partial charge in [-0.15, -0.1) is 0 Å². The van der Waals surface area contributed by atoms with E-state index in [4.69, 9.17) is 11.6 Å². The lowest BCUT2D eigenvalue weighted by atomic mass is 10.2. The van der Waals surface area contributed by atoms with Crippen molar-refractivity contribution in [3.05, 3.63) is 50.9 Å². The normalized spacial score (nSPS) is 10.8. The van der Waals surface area contributed by atoms with Crippen LogP contribution in [0.25, 0.3) is 0 Å². The van der Waals surface area contributed by atoms with Gasteiger partial charge in [0.25, 0.3) is 5.56 Å². The van der Waals surface area contributed by atoms with Crippen LogP contribution in [0.3, 0.4) is 0 Å². The van der Waals surface area contributed by atoms with Crippen LogP contribution in [0, 0.1) is 6.92 Å². The van der Waals surface area contributed by atoms with Gasteiger partial charge in [0.05, 0.1) is 5.02 Å². The first-order valence-electron chi connectivity index (χ1n) is 6.83. The zero-order chi connectivity index (χ0) is 15.2. The summed E-state index contributed by atoms with van der Waals surface area (Å²) >= 11 is 7.66. The highest BCUT2D eigenvalue weighted by Gasteiger charge is 2.06. The number of nitrogens with one attached hydrogen (secondary N) is 2. The number of aromatic nitrogens is 2. The lowest BCUT2D eigenvalue weighted by molar-refractivity contribution is 0.675. The van der Waals surface area contributed by atoms with Gasteiger partial charge in [0.2, 0.25) is 0 Å². The first kappa shape index (κ1) is 16.1. The quantitative estimate of drug-likeness (QED) is 0.632. The maximum Gasteiger partial charge on any atom is 0.251 e. The van der Waals surface area contributed by atoms with E-state index < -0.39 is 0 Å². The molecule has 0 aliphatic rings. The van der Waals surface area contributed by atoms with Gasteiger partial charge in [-0.05, 0) is 37.6 Å². The minimum absolute atomic E-state index is 0.151. The smallest absolute Gasteiger partial charge is 0.251 e. The van der Waals surface area contributed by atoms with Crippen LogP contribution >= 0.6 is 23.4 Å². The van der Waals surface area contributed by atoms with Crippen molar-refractivity contribution in [1.29, 1.82) is 0 Å². The number of hydrogen-bond acceptors (Lipinski definition) is 4. The molecule has 0 saturated carbocycles.